The van der Waals surface area contributed by atoms with Crippen LogP contribution in [0, 0.1) is 12.8 Å². The van der Waals surface area contributed by atoms with Gasteiger partial charge in [-0.05, 0) is 12.8 Å². The molecule has 1 rings (SSSR count). The molecule has 3 heteroatoms. The van der Waals surface area contributed by atoms with E-state index in [1.165, 1.54) is 5.01 Å². The van der Waals surface area contributed by atoms with Crippen molar-refractivity contribution in [1.29, 1.82) is 0 Å². The minimum absolute atomic E-state index is 0.571. The Labute approximate surface area is 86.3 Å². The lowest BCUT2D eigenvalue weighted by Gasteiger charge is -2.11. The lowest BCUT2D eigenvalue weighted by molar-refractivity contribution is 0.579. The third-order valence-electron chi connectivity index (χ3n) is 1.95. The molecule has 0 radical (unpaired) electrons. The molecule has 1 heterocycles. The van der Waals surface area contributed by atoms with E-state index < -0.39 is 0 Å². The van der Waals surface area contributed by atoms with E-state index in [-0.39, 0.29) is 0 Å². The molecule has 2 atom stereocenters. The second kappa shape index (κ2) is 4.38. The van der Waals surface area contributed by atoms with E-state index in [0.717, 1.165) is 12.1 Å². The molecular weight excluding hydrogens is 234 g/mol. The number of alkyl halides is 1. The first kappa shape index (κ1) is 10.2. The van der Waals surface area contributed by atoms with Crippen LogP contribution < -0.4 is 0 Å². The molecular formula is C9H14BrNS. The predicted molar refractivity (Wildman–Crippen MR) is 58.1 cm³/mol. The summed E-state index contributed by atoms with van der Waals surface area (Å²) < 4.78 is 0. The zero-order chi connectivity index (χ0) is 9.14. The Bertz CT molecular complexity index is 244. The molecule has 0 aliphatic rings. The van der Waals surface area contributed by atoms with Crippen molar-refractivity contribution in [2.24, 2.45) is 5.92 Å². The minimum atomic E-state index is 0.571. The third-order valence-corrected chi connectivity index (χ3v) is 3.84. The quantitative estimate of drug-likeness (QED) is 0.747. The van der Waals surface area contributed by atoms with Gasteiger partial charge in [0.05, 0.1) is 5.01 Å². The lowest BCUT2D eigenvalue weighted by atomic mass is 10.1. The van der Waals surface area contributed by atoms with Gasteiger partial charge >= 0.3 is 0 Å². The van der Waals surface area contributed by atoms with Crippen molar-refractivity contribution in [2.45, 2.75) is 32.0 Å². The molecule has 2 unspecified atom stereocenters. The van der Waals surface area contributed by atoms with Gasteiger partial charge in [-0.1, -0.05) is 29.8 Å². The fourth-order valence-corrected chi connectivity index (χ4v) is 2.04. The molecule has 0 aromatic carbocycles. The second-order valence-corrected chi connectivity index (χ2v) is 5.63. The maximum atomic E-state index is 4.43. The summed E-state index contributed by atoms with van der Waals surface area (Å²) in [4.78, 5) is 5.00. The van der Waals surface area contributed by atoms with Crippen molar-refractivity contribution in [3.8, 4) is 0 Å². The Kier molecular flexibility index (Phi) is 3.72. The van der Waals surface area contributed by atoms with Crippen LogP contribution in [-0.2, 0) is 6.42 Å². The molecule has 0 spiro atoms. The monoisotopic (exact) mass is 247 g/mol. The molecule has 68 valence electrons. The Morgan fingerprint density at radius 1 is 1.58 bits per heavy atom. The van der Waals surface area contributed by atoms with Gasteiger partial charge in [-0.15, -0.1) is 11.3 Å². The van der Waals surface area contributed by atoms with Gasteiger partial charge in [0.1, 0.15) is 0 Å². The number of nitrogens with zero attached hydrogens (tertiary/aromatic N) is 1. The molecule has 1 aromatic heterocycles. The Morgan fingerprint density at radius 3 is 2.67 bits per heavy atom. The van der Waals surface area contributed by atoms with Crippen LogP contribution in [0.25, 0.3) is 0 Å². The zero-order valence-electron chi connectivity index (χ0n) is 7.67. The van der Waals surface area contributed by atoms with Gasteiger partial charge in [-0.2, -0.15) is 0 Å². The van der Waals surface area contributed by atoms with Crippen LogP contribution in [0.2, 0.25) is 0 Å². The number of aryl methyl sites for hydroxylation is 1. The third kappa shape index (κ3) is 2.87. The average molecular weight is 248 g/mol. The van der Waals surface area contributed by atoms with Gasteiger partial charge in [0, 0.05) is 22.3 Å². The molecule has 0 aliphatic carbocycles. The summed E-state index contributed by atoms with van der Waals surface area (Å²) in [6.07, 6.45) is 1.09. The maximum Gasteiger partial charge on any atom is 0.0931 e. The number of hydrogen-bond donors (Lipinski definition) is 0. The normalized spacial score (nSPS) is 16.0. The first-order valence-corrected chi connectivity index (χ1v) is 5.94. The largest absolute Gasteiger partial charge is 0.247 e. The molecule has 1 nitrogen and oxygen atoms in total. The second-order valence-electron chi connectivity index (χ2n) is 3.24. The first-order valence-electron chi connectivity index (χ1n) is 4.14. The van der Waals surface area contributed by atoms with E-state index in [1.54, 1.807) is 11.3 Å². The summed E-state index contributed by atoms with van der Waals surface area (Å²) in [5, 5.41) is 3.37. The highest BCUT2D eigenvalue weighted by Gasteiger charge is 2.11. The van der Waals surface area contributed by atoms with Crippen molar-refractivity contribution in [2.75, 3.05) is 0 Å². The molecule has 0 saturated heterocycles. The maximum absolute atomic E-state index is 4.43. The van der Waals surface area contributed by atoms with E-state index in [2.05, 4.69) is 40.1 Å². The smallest absolute Gasteiger partial charge is 0.0931 e. The van der Waals surface area contributed by atoms with Crippen LogP contribution in [-0.4, -0.2) is 9.81 Å². The number of thiazole rings is 1. The van der Waals surface area contributed by atoms with Crippen molar-refractivity contribution in [3.63, 3.8) is 0 Å². The summed E-state index contributed by atoms with van der Waals surface area (Å²) in [5.74, 6) is 0.663. The van der Waals surface area contributed by atoms with Gasteiger partial charge in [0.15, 0.2) is 0 Å². The summed E-state index contributed by atoms with van der Waals surface area (Å²) in [6.45, 7) is 6.48. The highest BCUT2D eigenvalue weighted by Crippen LogP contribution is 2.19. The molecule has 0 bridgehead atoms. The lowest BCUT2D eigenvalue weighted by Crippen LogP contribution is -2.09. The van der Waals surface area contributed by atoms with E-state index in [4.69, 9.17) is 0 Å². The fourth-order valence-electron chi connectivity index (χ4n) is 0.934. The van der Waals surface area contributed by atoms with Gasteiger partial charge in [-0.25, -0.2) is 4.98 Å². The van der Waals surface area contributed by atoms with Crippen LogP contribution in [0.3, 0.4) is 0 Å². The van der Waals surface area contributed by atoms with Crippen molar-refractivity contribution < 1.29 is 0 Å². The van der Waals surface area contributed by atoms with Gasteiger partial charge in [-0.3, -0.25) is 0 Å². The summed E-state index contributed by atoms with van der Waals surface area (Å²) >= 11 is 5.34. The van der Waals surface area contributed by atoms with E-state index in [0.29, 0.717) is 10.7 Å². The number of hydrogen-bond acceptors (Lipinski definition) is 2. The molecule has 1 aromatic rings. The van der Waals surface area contributed by atoms with Crippen LogP contribution in [0.4, 0.5) is 0 Å². The van der Waals surface area contributed by atoms with Gasteiger partial charge < -0.3 is 0 Å². The summed E-state index contributed by atoms with van der Waals surface area (Å²) in [7, 11) is 0. The fraction of sp³-hybridized carbons (Fsp3) is 0.667. The molecule has 0 saturated carbocycles. The number of rotatable bonds is 3. The molecule has 0 fully saturated rings. The minimum Gasteiger partial charge on any atom is -0.247 e. The van der Waals surface area contributed by atoms with Crippen LogP contribution in [0.15, 0.2) is 5.38 Å². The summed E-state index contributed by atoms with van der Waals surface area (Å²) in [5.41, 5.74) is 1.14. The van der Waals surface area contributed by atoms with E-state index >= 15 is 0 Å². The average Bonchev–Trinajstić information content (AvgIpc) is 2.35. The van der Waals surface area contributed by atoms with Crippen LogP contribution in [0.5, 0.6) is 0 Å². The van der Waals surface area contributed by atoms with E-state index in [1.807, 2.05) is 6.92 Å². The Morgan fingerprint density at radius 2 is 2.25 bits per heavy atom. The van der Waals surface area contributed by atoms with E-state index in [9.17, 15) is 0 Å². The molecule has 12 heavy (non-hydrogen) atoms. The first-order chi connectivity index (χ1) is 5.59. The number of aromatic nitrogens is 1. The SMILES string of the molecule is Cc1csc(CC(C)C(C)Br)n1. The predicted octanol–water partition coefficient (Wildman–Crippen LogP) is 3.41. The highest BCUT2D eigenvalue weighted by molar-refractivity contribution is 9.09. The molecule has 0 aliphatic heterocycles. The van der Waals surface area contributed by atoms with Gasteiger partial charge in [0.2, 0.25) is 0 Å². The van der Waals surface area contributed by atoms with Crippen molar-refractivity contribution >= 4 is 27.3 Å². The van der Waals surface area contributed by atoms with Crippen molar-refractivity contribution in [3.05, 3.63) is 16.1 Å². The van der Waals surface area contributed by atoms with Crippen molar-refractivity contribution in [1.82, 2.24) is 4.98 Å². The molecule has 0 amide bonds. The topological polar surface area (TPSA) is 12.9 Å². The Hall–Kier alpha value is 0.110. The summed E-state index contributed by atoms with van der Waals surface area (Å²) in [6, 6.07) is 0. The molecule has 0 N–H and O–H groups in total. The van der Waals surface area contributed by atoms with Gasteiger partial charge in [0.25, 0.3) is 0 Å². The Balaban J connectivity index is 2.52. The standard InChI is InChI=1S/C9H14BrNS/c1-6(8(3)10)4-9-11-7(2)5-12-9/h5-6,8H,4H2,1-3H3. The van der Waals surface area contributed by atoms with Crippen LogP contribution in [0.1, 0.15) is 24.5 Å². The van der Waals surface area contributed by atoms with Crippen LogP contribution >= 0.6 is 27.3 Å². The highest BCUT2D eigenvalue weighted by atomic mass is 79.9. The number of halogens is 1. The zero-order valence-corrected chi connectivity index (χ0v) is 10.1.